The van der Waals surface area contributed by atoms with E-state index in [-0.39, 0.29) is 6.61 Å². The van der Waals surface area contributed by atoms with Crippen molar-refractivity contribution in [2.24, 2.45) is 4.99 Å². The summed E-state index contributed by atoms with van der Waals surface area (Å²) in [5.74, 6) is 2.32. The molecule has 31 heavy (non-hydrogen) atoms. The van der Waals surface area contributed by atoms with E-state index in [4.69, 9.17) is 11.2 Å². The van der Waals surface area contributed by atoms with Crippen LogP contribution in [0.5, 0.6) is 0 Å². The second kappa shape index (κ2) is 8.44. The van der Waals surface area contributed by atoms with Crippen LogP contribution in [0, 0.1) is 12.3 Å². The van der Waals surface area contributed by atoms with Crippen LogP contribution in [0.1, 0.15) is 16.7 Å². The molecule has 1 amide bonds. The van der Waals surface area contributed by atoms with Crippen molar-refractivity contribution in [3.63, 3.8) is 0 Å². The fourth-order valence-corrected chi connectivity index (χ4v) is 7.05. The highest BCUT2D eigenvalue weighted by molar-refractivity contribution is 7.02. The summed E-state index contributed by atoms with van der Waals surface area (Å²) in [5, 5.41) is 2.46. The van der Waals surface area contributed by atoms with E-state index >= 15 is 0 Å². The second-order valence-corrected chi connectivity index (χ2v) is 12.9. The SMILES string of the molecule is C#CCOC(=O)/N=C1\c2ccc(N(C)C)cc2[Si](C)(C)c2cc(N(C)C)cc(C=C)c21. The molecule has 0 spiro atoms. The molecule has 6 heteroatoms. The van der Waals surface area contributed by atoms with Crippen LogP contribution >= 0.6 is 0 Å². The van der Waals surface area contributed by atoms with Gasteiger partial charge in [-0.1, -0.05) is 37.7 Å². The van der Waals surface area contributed by atoms with Crippen molar-refractivity contribution < 1.29 is 9.53 Å². The molecule has 1 heterocycles. The summed E-state index contributed by atoms with van der Waals surface area (Å²) in [5.41, 5.74) is 5.70. The molecule has 1 aliphatic heterocycles. The van der Waals surface area contributed by atoms with E-state index in [1.165, 1.54) is 10.4 Å². The van der Waals surface area contributed by atoms with Gasteiger partial charge in [0.2, 0.25) is 0 Å². The monoisotopic (exact) mass is 431 g/mol. The van der Waals surface area contributed by atoms with Crippen LogP contribution in [0.2, 0.25) is 13.1 Å². The number of ether oxygens (including phenoxy) is 1. The summed E-state index contributed by atoms with van der Waals surface area (Å²) >= 11 is 0. The summed E-state index contributed by atoms with van der Waals surface area (Å²) in [6.45, 7) is 8.60. The summed E-state index contributed by atoms with van der Waals surface area (Å²) in [6.07, 6.45) is 6.39. The van der Waals surface area contributed by atoms with E-state index in [1.54, 1.807) is 0 Å². The fourth-order valence-electron chi connectivity index (χ4n) is 3.98. The van der Waals surface area contributed by atoms with Crippen molar-refractivity contribution >= 4 is 47.7 Å². The Morgan fingerprint density at radius 1 is 1.13 bits per heavy atom. The molecule has 0 fully saturated rings. The number of amides is 1. The minimum atomic E-state index is -2.12. The molecule has 2 aromatic rings. The molecule has 1 aliphatic rings. The number of rotatable bonds is 4. The molecule has 0 N–H and O–H groups in total. The summed E-state index contributed by atoms with van der Waals surface area (Å²) in [4.78, 5) is 21.0. The molecular formula is C25H29N3O2Si. The highest BCUT2D eigenvalue weighted by atomic mass is 28.3. The minimum Gasteiger partial charge on any atom is -0.435 e. The molecule has 0 aromatic heterocycles. The van der Waals surface area contributed by atoms with Crippen molar-refractivity contribution in [1.29, 1.82) is 0 Å². The van der Waals surface area contributed by atoms with Crippen LogP contribution in [0.4, 0.5) is 16.2 Å². The third-order valence-corrected chi connectivity index (χ3v) is 9.23. The molecule has 3 rings (SSSR count). The van der Waals surface area contributed by atoms with Gasteiger partial charge in [-0.05, 0) is 40.2 Å². The zero-order chi connectivity index (χ0) is 22.9. The zero-order valence-electron chi connectivity index (χ0n) is 19.1. The molecule has 160 valence electrons. The third kappa shape index (κ3) is 4.01. The first-order valence-electron chi connectivity index (χ1n) is 10.1. The highest BCUT2D eigenvalue weighted by Gasteiger charge is 2.39. The lowest BCUT2D eigenvalue weighted by molar-refractivity contribution is 0.171. The average Bonchev–Trinajstić information content (AvgIpc) is 2.73. The van der Waals surface area contributed by atoms with Crippen LogP contribution < -0.4 is 20.2 Å². The van der Waals surface area contributed by atoms with Gasteiger partial charge >= 0.3 is 6.09 Å². The minimum absolute atomic E-state index is 0.108. The molecule has 0 atom stereocenters. The maximum atomic E-state index is 12.5. The fraction of sp³-hybridized carbons (Fsp3) is 0.280. The first-order valence-corrected chi connectivity index (χ1v) is 13.1. The Kier molecular flexibility index (Phi) is 6.10. The zero-order valence-corrected chi connectivity index (χ0v) is 20.1. The van der Waals surface area contributed by atoms with E-state index in [0.29, 0.717) is 5.71 Å². The summed E-state index contributed by atoms with van der Waals surface area (Å²) in [7, 11) is 5.98. The Hall–Kier alpha value is -3.30. The molecule has 0 bridgehead atoms. The van der Waals surface area contributed by atoms with Crippen LogP contribution in [-0.2, 0) is 4.74 Å². The van der Waals surface area contributed by atoms with Crippen molar-refractivity contribution in [3.05, 3.63) is 53.6 Å². The predicted molar refractivity (Wildman–Crippen MR) is 134 cm³/mol. The average molecular weight is 432 g/mol. The van der Waals surface area contributed by atoms with Crippen LogP contribution in [0.3, 0.4) is 0 Å². The van der Waals surface area contributed by atoms with Gasteiger partial charge in [0.1, 0.15) is 8.07 Å². The van der Waals surface area contributed by atoms with Crippen molar-refractivity contribution in [3.8, 4) is 12.3 Å². The quantitative estimate of drug-likeness (QED) is 0.551. The van der Waals surface area contributed by atoms with Gasteiger partial charge < -0.3 is 14.5 Å². The van der Waals surface area contributed by atoms with Gasteiger partial charge in [0, 0.05) is 50.7 Å². The van der Waals surface area contributed by atoms with Gasteiger partial charge in [0.25, 0.3) is 0 Å². The molecule has 2 aromatic carbocycles. The van der Waals surface area contributed by atoms with Gasteiger partial charge in [-0.2, -0.15) is 4.99 Å². The number of carbonyl (C=O) groups excluding carboxylic acids is 1. The largest absolute Gasteiger partial charge is 0.435 e. The number of fused-ring (bicyclic) bond motifs is 2. The van der Waals surface area contributed by atoms with E-state index in [2.05, 4.69) is 70.7 Å². The van der Waals surface area contributed by atoms with Crippen LogP contribution in [0.25, 0.3) is 6.08 Å². The first kappa shape index (κ1) is 22.4. The molecular weight excluding hydrogens is 402 g/mol. The van der Waals surface area contributed by atoms with Gasteiger partial charge in [-0.15, -0.1) is 6.42 Å². The van der Waals surface area contributed by atoms with Crippen molar-refractivity contribution in [1.82, 2.24) is 0 Å². The normalized spacial score (nSPS) is 14.8. The Balaban J connectivity index is 2.38. The van der Waals surface area contributed by atoms with E-state index in [0.717, 1.165) is 28.1 Å². The van der Waals surface area contributed by atoms with Crippen LogP contribution in [0.15, 0.2) is 41.9 Å². The maximum Gasteiger partial charge on any atom is 0.435 e. The number of aliphatic imine (C=N–C) groups is 1. The maximum absolute atomic E-state index is 12.5. The number of benzene rings is 2. The highest BCUT2D eigenvalue weighted by Crippen LogP contribution is 2.29. The standard InChI is InChI=1S/C25H29N3O2Si/c1-9-13-30-25(29)26-24-20-12-11-18(27(3)4)15-21(20)31(7,8)22-16-19(28(5)6)14-17(10-2)23(22)24/h1,10-12,14-16H,2,13H2,3-8H3/b26-24+. The Bertz CT molecular complexity index is 1120. The summed E-state index contributed by atoms with van der Waals surface area (Å²) in [6, 6.07) is 10.6. The number of terminal acetylenes is 1. The van der Waals surface area contributed by atoms with Crippen molar-refractivity contribution in [2.45, 2.75) is 13.1 Å². The lowest BCUT2D eigenvalue weighted by Gasteiger charge is -2.36. The summed E-state index contributed by atoms with van der Waals surface area (Å²) < 4.78 is 5.08. The smallest absolute Gasteiger partial charge is 0.435 e. The van der Waals surface area contributed by atoms with Gasteiger partial charge in [-0.25, -0.2) is 4.79 Å². The van der Waals surface area contributed by atoms with Gasteiger partial charge in [0.15, 0.2) is 6.61 Å². The Morgan fingerprint density at radius 2 is 1.77 bits per heavy atom. The topological polar surface area (TPSA) is 45.1 Å². The second-order valence-electron chi connectivity index (χ2n) is 8.52. The van der Waals surface area contributed by atoms with E-state index in [9.17, 15) is 4.79 Å². The third-order valence-electron chi connectivity index (χ3n) is 5.73. The molecule has 0 aliphatic carbocycles. The first-order chi connectivity index (χ1) is 14.6. The Morgan fingerprint density at radius 3 is 2.35 bits per heavy atom. The molecule has 0 radical (unpaired) electrons. The van der Waals surface area contributed by atoms with E-state index in [1.807, 2.05) is 34.3 Å². The number of hydrogen-bond acceptors (Lipinski definition) is 4. The van der Waals surface area contributed by atoms with Crippen molar-refractivity contribution in [2.75, 3.05) is 44.6 Å². The van der Waals surface area contributed by atoms with Gasteiger partial charge in [-0.3, -0.25) is 0 Å². The molecule has 5 nitrogen and oxygen atoms in total. The molecule has 0 unspecified atom stereocenters. The number of anilines is 2. The number of carbonyl (C=O) groups is 1. The van der Waals surface area contributed by atoms with E-state index < -0.39 is 14.2 Å². The molecule has 0 saturated carbocycles. The number of nitrogens with zero attached hydrogens (tertiary/aromatic N) is 3. The van der Waals surface area contributed by atoms with Gasteiger partial charge in [0.05, 0.1) is 5.71 Å². The molecule has 0 saturated heterocycles. The van der Waals surface area contributed by atoms with Crippen LogP contribution in [-0.4, -0.2) is 54.7 Å². The Labute approximate surface area is 186 Å². The number of hydrogen-bond donors (Lipinski definition) is 0. The predicted octanol–water partition coefficient (Wildman–Crippen LogP) is 3.20. The lowest BCUT2D eigenvalue weighted by atomic mass is 9.95. The lowest BCUT2D eigenvalue weighted by Crippen LogP contribution is -2.60.